The number of rotatable bonds is 5. The Hall–Kier alpha value is -6.99. The number of hydrogen-bond acceptors (Lipinski definition) is 5. The second-order valence-corrected chi connectivity index (χ2v) is 16.5. The largest absolute Gasteiger partial charge is 0.308 e. The summed E-state index contributed by atoms with van der Waals surface area (Å²) in [5.74, 6) is 1.99. The van der Waals surface area contributed by atoms with Crippen LogP contribution >= 0.6 is 22.7 Å². The van der Waals surface area contributed by atoms with E-state index in [2.05, 4.69) is 126 Å². The van der Waals surface area contributed by atoms with Crippen molar-refractivity contribution in [3.8, 4) is 51.0 Å². The van der Waals surface area contributed by atoms with E-state index in [9.17, 15) is 0 Å². The standard InChI is InChI=1S/C51H30N4S2/c1-4-12-31(13-5-1)49-52-50(32-14-6-2-7-15-32)54-51(53-49)35-20-23-38-42-29-34(22-27-45(42)56-46(38)30-35)33-21-26-43-41(28-33)39-24-25-40-37-18-10-11-19-44(37)57-48(40)47(39)55(43)36-16-8-3-9-17-36/h1-30H. The van der Waals surface area contributed by atoms with Crippen LogP contribution in [-0.4, -0.2) is 19.5 Å². The fourth-order valence-corrected chi connectivity index (χ4v) is 10.7. The molecule has 0 N–H and O–H groups in total. The maximum absolute atomic E-state index is 4.99. The summed E-state index contributed by atoms with van der Waals surface area (Å²) in [6, 6.07) is 65.0. The molecule has 4 aromatic heterocycles. The lowest BCUT2D eigenvalue weighted by atomic mass is 10.00. The average Bonchev–Trinajstić information content (AvgIpc) is 3.96. The number of nitrogens with zero attached hydrogens (tertiary/aromatic N) is 4. The summed E-state index contributed by atoms with van der Waals surface area (Å²) in [5.41, 5.74) is 8.96. The van der Waals surface area contributed by atoms with Crippen molar-refractivity contribution in [2.45, 2.75) is 0 Å². The Balaban J connectivity index is 0.990. The lowest BCUT2D eigenvalue weighted by Gasteiger charge is -2.09. The molecule has 0 amide bonds. The lowest BCUT2D eigenvalue weighted by molar-refractivity contribution is 1.07. The minimum Gasteiger partial charge on any atom is -0.308 e. The van der Waals surface area contributed by atoms with Gasteiger partial charge in [0.15, 0.2) is 17.5 Å². The second-order valence-electron chi connectivity index (χ2n) is 14.4. The molecular weight excluding hydrogens is 733 g/mol. The van der Waals surface area contributed by atoms with Crippen molar-refractivity contribution in [3.63, 3.8) is 0 Å². The van der Waals surface area contributed by atoms with E-state index < -0.39 is 0 Å². The van der Waals surface area contributed by atoms with Gasteiger partial charge in [-0.25, -0.2) is 15.0 Å². The van der Waals surface area contributed by atoms with Gasteiger partial charge in [-0.15, -0.1) is 22.7 Å². The summed E-state index contributed by atoms with van der Waals surface area (Å²) >= 11 is 3.70. The predicted octanol–water partition coefficient (Wildman–Crippen LogP) is 14.4. The van der Waals surface area contributed by atoms with E-state index in [0.717, 1.165) is 16.7 Å². The minimum absolute atomic E-state index is 0.664. The molecule has 0 saturated heterocycles. The summed E-state index contributed by atoms with van der Waals surface area (Å²) in [4.78, 5) is 14.9. The summed E-state index contributed by atoms with van der Waals surface area (Å²) in [6.07, 6.45) is 0. The Labute approximate surface area is 335 Å². The highest BCUT2D eigenvalue weighted by Gasteiger charge is 2.19. The van der Waals surface area contributed by atoms with E-state index in [4.69, 9.17) is 15.0 Å². The van der Waals surface area contributed by atoms with Gasteiger partial charge in [-0.2, -0.15) is 0 Å². The Bertz CT molecular complexity index is 3450. The quantitative estimate of drug-likeness (QED) is 0.175. The van der Waals surface area contributed by atoms with Gasteiger partial charge < -0.3 is 4.57 Å². The van der Waals surface area contributed by atoms with Gasteiger partial charge in [0.2, 0.25) is 0 Å². The summed E-state index contributed by atoms with van der Waals surface area (Å²) in [7, 11) is 0. The first kappa shape index (κ1) is 32.3. The van der Waals surface area contributed by atoms with E-state index in [1.165, 1.54) is 79.0 Å². The van der Waals surface area contributed by atoms with Crippen LogP contribution in [0.25, 0.3) is 113 Å². The average molecular weight is 763 g/mol. The van der Waals surface area contributed by atoms with Gasteiger partial charge in [-0.3, -0.25) is 0 Å². The first-order chi connectivity index (χ1) is 28.2. The van der Waals surface area contributed by atoms with Crippen LogP contribution in [-0.2, 0) is 0 Å². The van der Waals surface area contributed by atoms with Crippen LogP contribution in [0.2, 0.25) is 0 Å². The van der Waals surface area contributed by atoms with Crippen molar-refractivity contribution in [1.29, 1.82) is 0 Å². The summed E-state index contributed by atoms with van der Waals surface area (Å²) < 4.78 is 7.56. The molecule has 0 aliphatic heterocycles. The highest BCUT2D eigenvalue weighted by molar-refractivity contribution is 7.26. The van der Waals surface area contributed by atoms with Crippen molar-refractivity contribution in [1.82, 2.24) is 19.5 Å². The maximum Gasteiger partial charge on any atom is 0.164 e. The van der Waals surface area contributed by atoms with E-state index in [0.29, 0.717) is 17.5 Å². The molecule has 0 unspecified atom stereocenters. The highest BCUT2D eigenvalue weighted by Crippen LogP contribution is 2.44. The van der Waals surface area contributed by atoms with Crippen molar-refractivity contribution in [2.75, 3.05) is 0 Å². The van der Waals surface area contributed by atoms with Crippen LogP contribution in [0.3, 0.4) is 0 Å². The molecule has 0 aliphatic carbocycles. The molecule has 266 valence electrons. The number of fused-ring (bicyclic) bond motifs is 10. The third kappa shape index (κ3) is 5.22. The summed E-state index contributed by atoms with van der Waals surface area (Å²) in [6.45, 7) is 0. The monoisotopic (exact) mass is 762 g/mol. The number of aromatic nitrogens is 4. The van der Waals surface area contributed by atoms with Crippen LogP contribution in [0.4, 0.5) is 0 Å². The van der Waals surface area contributed by atoms with E-state index in [1.54, 1.807) is 0 Å². The first-order valence-corrected chi connectivity index (χ1v) is 20.6. The number of para-hydroxylation sites is 1. The van der Waals surface area contributed by atoms with Gasteiger partial charge in [-0.1, -0.05) is 133 Å². The van der Waals surface area contributed by atoms with Crippen LogP contribution in [0, 0.1) is 0 Å². The van der Waals surface area contributed by atoms with E-state index in [-0.39, 0.29) is 0 Å². The highest BCUT2D eigenvalue weighted by atomic mass is 32.1. The fourth-order valence-electron chi connectivity index (χ4n) is 8.34. The molecule has 0 fully saturated rings. The molecule has 6 heteroatoms. The van der Waals surface area contributed by atoms with E-state index in [1.807, 2.05) is 83.3 Å². The van der Waals surface area contributed by atoms with Crippen LogP contribution in [0.5, 0.6) is 0 Å². The molecule has 4 heterocycles. The zero-order chi connectivity index (χ0) is 37.5. The number of benzene rings is 8. The zero-order valence-corrected chi connectivity index (χ0v) is 32.1. The smallest absolute Gasteiger partial charge is 0.164 e. The van der Waals surface area contributed by atoms with Crippen LogP contribution in [0.15, 0.2) is 182 Å². The van der Waals surface area contributed by atoms with Crippen molar-refractivity contribution >= 4 is 84.8 Å². The molecule has 0 spiro atoms. The molecule has 0 aliphatic rings. The molecular formula is C51H30N4S2. The zero-order valence-electron chi connectivity index (χ0n) is 30.4. The molecule has 0 radical (unpaired) electrons. The lowest BCUT2D eigenvalue weighted by Crippen LogP contribution is -1.99. The Morgan fingerprint density at radius 1 is 0.333 bits per heavy atom. The SMILES string of the molecule is c1ccc(-c2nc(-c3ccccc3)nc(-c3ccc4c(c3)sc3ccc(-c5ccc6c(c5)c5ccc7c8ccccc8sc7c5n6-c5ccccc5)cc34)n2)cc1. The van der Waals surface area contributed by atoms with E-state index >= 15 is 0 Å². The molecule has 8 aromatic carbocycles. The Kier molecular flexibility index (Phi) is 7.24. The molecule has 0 saturated carbocycles. The minimum atomic E-state index is 0.664. The molecule has 57 heavy (non-hydrogen) atoms. The van der Waals surface area contributed by atoms with Gasteiger partial charge in [0.25, 0.3) is 0 Å². The Morgan fingerprint density at radius 3 is 1.61 bits per heavy atom. The number of thiophene rings is 2. The topological polar surface area (TPSA) is 43.6 Å². The maximum atomic E-state index is 4.99. The van der Waals surface area contributed by atoms with Crippen molar-refractivity contribution < 1.29 is 0 Å². The van der Waals surface area contributed by atoms with Gasteiger partial charge in [-0.05, 0) is 59.7 Å². The van der Waals surface area contributed by atoms with Gasteiger partial charge >= 0.3 is 0 Å². The summed E-state index contributed by atoms with van der Waals surface area (Å²) in [5, 5.41) is 7.64. The number of hydrogen-bond donors (Lipinski definition) is 0. The molecule has 4 nitrogen and oxygen atoms in total. The molecule has 0 atom stereocenters. The van der Waals surface area contributed by atoms with Gasteiger partial charge in [0, 0.05) is 68.8 Å². The van der Waals surface area contributed by atoms with Crippen LogP contribution < -0.4 is 0 Å². The normalized spacial score (nSPS) is 11.9. The molecule has 12 aromatic rings. The van der Waals surface area contributed by atoms with Crippen molar-refractivity contribution in [3.05, 3.63) is 182 Å². The third-order valence-corrected chi connectivity index (χ3v) is 13.4. The van der Waals surface area contributed by atoms with Crippen molar-refractivity contribution in [2.24, 2.45) is 0 Å². The first-order valence-electron chi connectivity index (χ1n) is 19.0. The van der Waals surface area contributed by atoms with Gasteiger partial charge in [0.1, 0.15) is 0 Å². The van der Waals surface area contributed by atoms with Crippen LogP contribution in [0.1, 0.15) is 0 Å². The molecule has 12 rings (SSSR count). The fraction of sp³-hybridized carbons (Fsp3) is 0. The van der Waals surface area contributed by atoms with Gasteiger partial charge in [0.05, 0.1) is 15.7 Å². The third-order valence-electron chi connectivity index (χ3n) is 11.0. The Morgan fingerprint density at radius 2 is 0.877 bits per heavy atom. The second kappa shape index (κ2) is 12.8. The molecule has 0 bridgehead atoms. The predicted molar refractivity (Wildman–Crippen MR) is 242 cm³/mol.